The average Bonchev–Trinajstić information content (AvgIpc) is 2.58. The highest BCUT2D eigenvalue weighted by Gasteiger charge is 2.20. The second kappa shape index (κ2) is 8.99. The molecule has 0 aliphatic rings. The number of carboxylic acid groups (broad SMARTS) is 1. The molecule has 0 radical (unpaired) electrons. The molecule has 0 heterocycles. The van der Waals surface area contributed by atoms with Gasteiger partial charge in [-0.2, -0.15) is 0 Å². The van der Waals surface area contributed by atoms with Crippen molar-refractivity contribution in [3.8, 4) is 5.75 Å². The van der Waals surface area contributed by atoms with Crippen molar-refractivity contribution in [3.63, 3.8) is 0 Å². The number of benzene rings is 2. The minimum atomic E-state index is -1.08. The summed E-state index contributed by atoms with van der Waals surface area (Å²) in [6.45, 7) is 4.06. The van der Waals surface area contributed by atoms with Crippen LogP contribution in [0.15, 0.2) is 42.5 Å². The molecule has 0 saturated heterocycles. The summed E-state index contributed by atoms with van der Waals surface area (Å²) in [6, 6.07) is 11.0. The van der Waals surface area contributed by atoms with Gasteiger partial charge < -0.3 is 15.2 Å². The van der Waals surface area contributed by atoms with Gasteiger partial charge in [-0.1, -0.05) is 29.8 Å². The Morgan fingerprint density at radius 1 is 1.15 bits per heavy atom. The highest BCUT2D eigenvalue weighted by molar-refractivity contribution is 5.79. The summed E-state index contributed by atoms with van der Waals surface area (Å²) < 4.78 is 18.6. The van der Waals surface area contributed by atoms with Crippen LogP contribution in [-0.2, 0) is 9.59 Å². The highest BCUT2D eigenvalue weighted by Crippen LogP contribution is 2.19. The third-order valence-corrected chi connectivity index (χ3v) is 3.99. The third kappa shape index (κ3) is 5.58. The maximum absolute atomic E-state index is 13.0. The first kappa shape index (κ1) is 19.4. The van der Waals surface area contributed by atoms with E-state index in [1.54, 1.807) is 0 Å². The van der Waals surface area contributed by atoms with Crippen LogP contribution >= 0.6 is 0 Å². The molecule has 0 aromatic heterocycles. The summed E-state index contributed by atoms with van der Waals surface area (Å²) in [4.78, 5) is 23.3. The van der Waals surface area contributed by atoms with Crippen LogP contribution in [0.5, 0.6) is 5.75 Å². The number of nitrogens with one attached hydrogen (secondary N) is 1. The smallest absolute Gasteiger partial charge is 0.312 e. The minimum absolute atomic E-state index is 0.0661. The van der Waals surface area contributed by atoms with E-state index >= 15 is 0 Å². The number of rotatable bonds is 8. The molecule has 1 amide bonds. The zero-order valence-electron chi connectivity index (χ0n) is 14.8. The fourth-order valence-corrected chi connectivity index (χ4v) is 2.56. The van der Waals surface area contributed by atoms with E-state index in [2.05, 4.69) is 5.32 Å². The first-order chi connectivity index (χ1) is 12.4. The van der Waals surface area contributed by atoms with Gasteiger partial charge in [-0.3, -0.25) is 9.59 Å². The van der Waals surface area contributed by atoms with Gasteiger partial charge in [0, 0.05) is 6.54 Å². The molecule has 138 valence electrons. The van der Waals surface area contributed by atoms with Crippen LogP contribution in [0, 0.1) is 19.7 Å². The lowest BCUT2D eigenvalue weighted by molar-refractivity contribution is -0.138. The third-order valence-electron chi connectivity index (χ3n) is 3.99. The fraction of sp³-hybridized carbons (Fsp3) is 0.300. The molecular weight excluding hydrogens is 337 g/mol. The molecule has 1 unspecified atom stereocenters. The van der Waals surface area contributed by atoms with Gasteiger partial charge in [0.25, 0.3) is 0 Å². The van der Waals surface area contributed by atoms with Gasteiger partial charge in [-0.25, -0.2) is 4.39 Å². The zero-order valence-corrected chi connectivity index (χ0v) is 14.8. The topological polar surface area (TPSA) is 75.6 Å². The molecule has 0 fully saturated rings. The van der Waals surface area contributed by atoms with E-state index in [-0.39, 0.29) is 25.5 Å². The number of hydrogen-bond acceptors (Lipinski definition) is 3. The first-order valence-corrected chi connectivity index (χ1v) is 8.32. The predicted octanol–water partition coefficient (Wildman–Crippen LogP) is 3.20. The predicted molar refractivity (Wildman–Crippen MR) is 95.8 cm³/mol. The molecule has 0 aliphatic carbocycles. The Labute approximate surface area is 151 Å². The quantitative estimate of drug-likeness (QED) is 0.759. The van der Waals surface area contributed by atoms with E-state index in [0.29, 0.717) is 5.56 Å². The Kier molecular flexibility index (Phi) is 6.72. The fourth-order valence-electron chi connectivity index (χ4n) is 2.56. The van der Waals surface area contributed by atoms with Crippen LogP contribution in [0.2, 0.25) is 0 Å². The second-order valence-corrected chi connectivity index (χ2v) is 6.11. The van der Waals surface area contributed by atoms with Crippen molar-refractivity contribution in [1.29, 1.82) is 0 Å². The molecule has 1 atom stereocenters. The summed E-state index contributed by atoms with van der Waals surface area (Å²) in [5, 5.41) is 11.9. The van der Waals surface area contributed by atoms with Crippen molar-refractivity contribution in [3.05, 3.63) is 65.0 Å². The first-order valence-electron chi connectivity index (χ1n) is 8.32. The van der Waals surface area contributed by atoms with Crippen LogP contribution < -0.4 is 10.1 Å². The van der Waals surface area contributed by atoms with Crippen molar-refractivity contribution in [2.75, 3.05) is 13.2 Å². The molecule has 2 aromatic carbocycles. The van der Waals surface area contributed by atoms with E-state index in [1.807, 2.05) is 32.0 Å². The van der Waals surface area contributed by atoms with Gasteiger partial charge in [-0.05, 0) is 43.2 Å². The highest BCUT2D eigenvalue weighted by atomic mass is 19.1. The molecule has 6 heteroatoms. The van der Waals surface area contributed by atoms with Gasteiger partial charge in [0.05, 0.1) is 18.9 Å². The zero-order chi connectivity index (χ0) is 19.1. The van der Waals surface area contributed by atoms with Gasteiger partial charge >= 0.3 is 5.97 Å². The summed E-state index contributed by atoms with van der Waals surface area (Å²) in [7, 11) is 0. The largest absolute Gasteiger partial charge is 0.493 e. The van der Waals surface area contributed by atoms with Crippen LogP contribution in [0.1, 0.15) is 29.0 Å². The van der Waals surface area contributed by atoms with Crippen molar-refractivity contribution in [2.24, 2.45) is 0 Å². The van der Waals surface area contributed by atoms with E-state index in [1.165, 1.54) is 24.3 Å². The van der Waals surface area contributed by atoms with Gasteiger partial charge in [0.2, 0.25) is 5.91 Å². The molecule has 2 N–H and O–H groups in total. The maximum Gasteiger partial charge on any atom is 0.312 e. The molecule has 0 aliphatic heterocycles. The Hall–Kier alpha value is -2.89. The number of halogens is 1. The molecule has 0 bridgehead atoms. The molecule has 2 aromatic rings. The van der Waals surface area contributed by atoms with Crippen LogP contribution in [0.4, 0.5) is 4.39 Å². The lowest BCUT2D eigenvalue weighted by Crippen LogP contribution is -2.32. The number of aliphatic carboxylic acids is 1. The lowest BCUT2D eigenvalue weighted by atomic mass is 9.99. The monoisotopic (exact) mass is 359 g/mol. The van der Waals surface area contributed by atoms with E-state index in [4.69, 9.17) is 4.74 Å². The van der Waals surface area contributed by atoms with Gasteiger partial charge in [0.15, 0.2) is 0 Å². The second-order valence-electron chi connectivity index (χ2n) is 6.11. The summed E-state index contributed by atoms with van der Waals surface area (Å²) in [5.41, 5.74) is 2.56. The standard InChI is InChI=1S/C20H22FNO4/c1-13-3-8-18(14(2)11-13)26-10-9-19(23)22-12-17(20(24)25)15-4-6-16(21)7-5-15/h3-8,11,17H,9-10,12H2,1-2H3,(H,22,23)(H,24,25). The van der Waals surface area contributed by atoms with Crippen LogP contribution in [-0.4, -0.2) is 30.1 Å². The minimum Gasteiger partial charge on any atom is -0.493 e. The number of aryl methyl sites for hydroxylation is 2. The molecule has 2 rings (SSSR count). The van der Waals surface area contributed by atoms with Crippen LogP contribution in [0.3, 0.4) is 0 Å². The van der Waals surface area contributed by atoms with E-state index < -0.39 is 17.7 Å². The summed E-state index contributed by atoms with van der Waals surface area (Å²) in [6.07, 6.45) is 0.114. The van der Waals surface area contributed by atoms with Crippen molar-refractivity contribution >= 4 is 11.9 Å². The summed E-state index contributed by atoms with van der Waals surface area (Å²) in [5.74, 6) is -2.03. The Balaban J connectivity index is 1.82. The number of carboxylic acids is 1. The van der Waals surface area contributed by atoms with Crippen molar-refractivity contribution < 1.29 is 23.8 Å². The summed E-state index contributed by atoms with van der Waals surface area (Å²) >= 11 is 0. The Morgan fingerprint density at radius 3 is 2.46 bits per heavy atom. The SMILES string of the molecule is Cc1ccc(OCCC(=O)NCC(C(=O)O)c2ccc(F)cc2)c(C)c1. The van der Waals surface area contributed by atoms with E-state index in [0.717, 1.165) is 16.9 Å². The number of carbonyl (C=O) groups excluding carboxylic acids is 1. The number of carbonyl (C=O) groups is 2. The van der Waals surface area contributed by atoms with Gasteiger partial charge in [-0.15, -0.1) is 0 Å². The number of ether oxygens (including phenoxy) is 1. The van der Waals surface area contributed by atoms with Crippen molar-refractivity contribution in [2.45, 2.75) is 26.2 Å². The van der Waals surface area contributed by atoms with E-state index in [9.17, 15) is 19.1 Å². The molecule has 26 heavy (non-hydrogen) atoms. The Bertz CT molecular complexity index is 774. The van der Waals surface area contributed by atoms with Crippen LogP contribution in [0.25, 0.3) is 0 Å². The lowest BCUT2D eigenvalue weighted by Gasteiger charge is -2.14. The number of hydrogen-bond donors (Lipinski definition) is 2. The molecule has 5 nitrogen and oxygen atoms in total. The molecule has 0 saturated carbocycles. The molecular formula is C20H22FNO4. The van der Waals surface area contributed by atoms with Crippen molar-refractivity contribution in [1.82, 2.24) is 5.32 Å². The molecule has 0 spiro atoms. The number of amides is 1. The Morgan fingerprint density at radius 2 is 1.85 bits per heavy atom. The average molecular weight is 359 g/mol. The van der Waals surface area contributed by atoms with Gasteiger partial charge in [0.1, 0.15) is 11.6 Å². The normalized spacial score (nSPS) is 11.7. The maximum atomic E-state index is 13.0.